The van der Waals surface area contributed by atoms with Crippen molar-refractivity contribution < 1.29 is 0 Å². The van der Waals surface area contributed by atoms with Gasteiger partial charge in [0.05, 0.1) is 0 Å². The Kier molecular flexibility index (Phi) is 4.13. The van der Waals surface area contributed by atoms with E-state index in [1.165, 1.54) is 16.1 Å². The molecule has 0 aliphatic carbocycles. The second-order valence-corrected chi connectivity index (χ2v) is 7.32. The van der Waals surface area contributed by atoms with Crippen molar-refractivity contribution >= 4 is 33.0 Å². The van der Waals surface area contributed by atoms with E-state index in [9.17, 15) is 0 Å². The van der Waals surface area contributed by atoms with Crippen molar-refractivity contribution in [3.05, 3.63) is 50.6 Å². The van der Waals surface area contributed by atoms with Crippen LogP contribution in [-0.4, -0.2) is 0 Å². The van der Waals surface area contributed by atoms with Crippen molar-refractivity contribution in [2.45, 2.75) is 32.7 Å². The maximum atomic E-state index is 3.47. The Bertz CT molecular complexity index is 508. The molecule has 0 aliphatic rings. The number of anilines is 1. The first-order valence-corrected chi connectivity index (χ1v) is 7.70. The summed E-state index contributed by atoms with van der Waals surface area (Å²) in [5, 5.41) is 5.55. The third-order valence-electron chi connectivity index (χ3n) is 2.84. The molecule has 1 aromatic heterocycles. The molecule has 0 atom stereocenters. The fraction of sp³-hybridized carbons (Fsp3) is 0.333. The Hall–Kier alpha value is -0.800. The molecule has 0 saturated carbocycles. The zero-order valence-electron chi connectivity index (χ0n) is 11.0. The van der Waals surface area contributed by atoms with Crippen molar-refractivity contribution in [2.24, 2.45) is 0 Å². The van der Waals surface area contributed by atoms with Crippen LogP contribution < -0.4 is 5.32 Å². The van der Waals surface area contributed by atoms with Gasteiger partial charge in [0.15, 0.2) is 0 Å². The van der Waals surface area contributed by atoms with Crippen LogP contribution in [0.1, 0.15) is 31.2 Å². The lowest BCUT2D eigenvalue weighted by Gasteiger charge is -2.19. The van der Waals surface area contributed by atoms with E-state index in [-0.39, 0.29) is 5.41 Å². The molecule has 2 aromatic rings. The van der Waals surface area contributed by atoms with E-state index in [4.69, 9.17) is 0 Å². The molecule has 1 aromatic carbocycles. The molecule has 0 fully saturated rings. The highest BCUT2D eigenvalue weighted by molar-refractivity contribution is 9.10. The standard InChI is InChI=1S/C15H18BrNS/c1-15(2,3)11-4-6-13(7-5-11)17-9-14-8-12(16)10-18-14/h4-8,10,17H,9H2,1-3H3. The monoisotopic (exact) mass is 323 g/mol. The van der Waals surface area contributed by atoms with Gasteiger partial charge in [-0.25, -0.2) is 0 Å². The van der Waals surface area contributed by atoms with Gasteiger partial charge < -0.3 is 5.32 Å². The minimum absolute atomic E-state index is 0.219. The fourth-order valence-electron chi connectivity index (χ4n) is 1.72. The number of hydrogen-bond acceptors (Lipinski definition) is 2. The zero-order valence-corrected chi connectivity index (χ0v) is 13.4. The Labute approximate surface area is 121 Å². The molecule has 18 heavy (non-hydrogen) atoms. The molecular formula is C15H18BrNS. The molecule has 3 heteroatoms. The van der Waals surface area contributed by atoms with Gasteiger partial charge in [0.1, 0.15) is 0 Å². The molecule has 1 nitrogen and oxygen atoms in total. The first-order valence-electron chi connectivity index (χ1n) is 6.02. The van der Waals surface area contributed by atoms with Crippen LogP contribution in [0.5, 0.6) is 0 Å². The van der Waals surface area contributed by atoms with Crippen molar-refractivity contribution in [3.8, 4) is 0 Å². The van der Waals surface area contributed by atoms with Gasteiger partial charge in [-0.15, -0.1) is 11.3 Å². The molecular weight excluding hydrogens is 306 g/mol. The molecule has 0 bridgehead atoms. The third-order valence-corrected chi connectivity index (χ3v) is 4.54. The maximum absolute atomic E-state index is 3.47. The molecule has 0 saturated heterocycles. The molecule has 0 amide bonds. The van der Waals surface area contributed by atoms with Crippen LogP contribution in [0, 0.1) is 0 Å². The number of benzene rings is 1. The summed E-state index contributed by atoms with van der Waals surface area (Å²) < 4.78 is 1.16. The van der Waals surface area contributed by atoms with E-state index in [1.807, 2.05) is 0 Å². The van der Waals surface area contributed by atoms with Crippen LogP contribution in [0.4, 0.5) is 5.69 Å². The summed E-state index contributed by atoms with van der Waals surface area (Å²) in [5.41, 5.74) is 2.76. The molecule has 1 heterocycles. The minimum Gasteiger partial charge on any atom is -0.380 e. The second-order valence-electron chi connectivity index (χ2n) is 5.41. The minimum atomic E-state index is 0.219. The number of thiophene rings is 1. The van der Waals surface area contributed by atoms with E-state index in [0.29, 0.717) is 0 Å². The third kappa shape index (κ3) is 3.59. The lowest BCUT2D eigenvalue weighted by atomic mass is 9.87. The second kappa shape index (κ2) is 5.45. The van der Waals surface area contributed by atoms with Crippen molar-refractivity contribution in [1.29, 1.82) is 0 Å². The van der Waals surface area contributed by atoms with Crippen LogP contribution in [0.25, 0.3) is 0 Å². The maximum Gasteiger partial charge on any atom is 0.0494 e. The first-order chi connectivity index (χ1) is 8.45. The van der Waals surface area contributed by atoms with Crippen molar-refractivity contribution in [1.82, 2.24) is 0 Å². The summed E-state index contributed by atoms with van der Waals surface area (Å²) >= 11 is 5.24. The van der Waals surface area contributed by atoms with E-state index in [2.05, 4.69) is 77.7 Å². The Balaban J connectivity index is 1.98. The van der Waals surface area contributed by atoms with Crippen LogP contribution >= 0.6 is 27.3 Å². The Morgan fingerprint density at radius 1 is 1.17 bits per heavy atom. The van der Waals surface area contributed by atoms with Gasteiger partial charge in [-0.05, 0) is 45.1 Å². The lowest BCUT2D eigenvalue weighted by Crippen LogP contribution is -2.10. The molecule has 0 spiro atoms. The lowest BCUT2D eigenvalue weighted by molar-refractivity contribution is 0.590. The quantitative estimate of drug-likeness (QED) is 0.795. The van der Waals surface area contributed by atoms with Gasteiger partial charge in [0.2, 0.25) is 0 Å². The van der Waals surface area contributed by atoms with Crippen molar-refractivity contribution in [2.75, 3.05) is 5.32 Å². The highest BCUT2D eigenvalue weighted by atomic mass is 79.9. The fourth-order valence-corrected chi connectivity index (χ4v) is 3.11. The Morgan fingerprint density at radius 2 is 1.83 bits per heavy atom. The van der Waals surface area contributed by atoms with Gasteiger partial charge >= 0.3 is 0 Å². The topological polar surface area (TPSA) is 12.0 Å². The number of halogens is 1. The number of hydrogen-bond donors (Lipinski definition) is 1. The summed E-state index contributed by atoms with van der Waals surface area (Å²) in [7, 11) is 0. The van der Waals surface area contributed by atoms with Crippen molar-refractivity contribution in [3.63, 3.8) is 0 Å². The molecule has 2 rings (SSSR count). The average molecular weight is 324 g/mol. The van der Waals surface area contributed by atoms with Crippen LogP contribution in [0.3, 0.4) is 0 Å². The Morgan fingerprint density at radius 3 is 2.33 bits per heavy atom. The largest absolute Gasteiger partial charge is 0.380 e. The van der Waals surface area contributed by atoms with E-state index >= 15 is 0 Å². The number of nitrogens with one attached hydrogen (secondary N) is 1. The molecule has 0 unspecified atom stereocenters. The normalized spacial score (nSPS) is 11.6. The SMILES string of the molecule is CC(C)(C)c1ccc(NCc2cc(Br)cs2)cc1. The molecule has 0 aliphatic heterocycles. The summed E-state index contributed by atoms with van der Waals surface area (Å²) in [6.45, 7) is 7.58. The van der Waals surface area contributed by atoms with Gasteiger partial charge in [0, 0.05) is 27.0 Å². The van der Waals surface area contributed by atoms with Crippen LogP contribution in [-0.2, 0) is 12.0 Å². The van der Waals surface area contributed by atoms with E-state index in [0.717, 1.165) is 11.0 Å². The first kappa shape index (κ1) is 13.6. The van der Waals surface area contributed by atoms with Gasteiger partial charge in [-0.3, -0.25) is 0 Å². The molecule has 96 valence electrons. The van der Waals surface area contributed by atoms with Gasteiger partial charge in [-0.2, -0.15) is 0 Å². The highest BCUT2D eigenvalue weighted by Gasteiger charge is 2.12. The summed E-state index contributed by atoms with van der Waals surface area (Å²) in [6.07, 6.45) is 0. The summed E-state index contributed by atoms with van der Waals surface area (Å²) in [4.78, 5) is 1.33. The highest BCUT2D eigenvalue weighted by Crippen LogP contribution is 2.24. The average Bonchev–Trinajstić information content (AvgIpc) is 2.72. The van der Waals surface area contributed by atoms with Crippen LogP contribution in [0.15, 0.2) is 40.2 Å². The van der Waals surface area contributed by atoms with E-state index in [1.54, 1.807) is 11.3 Å². The van der Waals surface area contributed by atoms with Crippen LogP contribution in [0.2, 0.25) is 0 Å². The predicted molar refractivity (Wildman–Crippen MR) is 84.5 cm³/mol. The van der Waals surface area contributed by atoms with Gasteiger partial charge in [0.25, 0.3) is 0 Å². The smallest absolute Gasteiger partial charge is 0.0494 e. The summed E-state index contributed by atoms with van der Waals surface area (Å²) in [5.74, 6) is 0. The zero-order chi connectivity index (χ0) is 13.2. The van der Waals surface area contributed by atoms with Gasteiger partial charge in [-0.1, -0.05) is 32.9 Å². The van der Waals surface area contributed by atoms with E-state index < -0.39 is 0 Å². The molecule has 1 N–H and O–H groups in total. The number of rotatable bonds is 3. The predicted octanol–water partition coefficient (Wildman–Crippen LogP) is 5.42. The summed E-state index contributed by atoms with van der Waals surface area (Å²) in [6, 6.07) is 10.9. The molecule has 0 radical (unpaired) electrons.